The molecule has 0 saturated heterocycles. The summed E-state index contributed by atoms with van der Waals surface area (Å²) in [6.45, 7) is -0.215. The maximum absolute atomic E-state index is 12.1. The van der Waals surface area contributed by atoms with E-state index >= 15 is 0 Å². The van der Waals surface area contributed by atoms with E-state index in [4.69, 9.17) is 5.11 Å². The lowest BCUT2D eigenvalue weighted by Gasteiger charge is -2.09. The Bertz CT molecular complexity index is 652. The molecule has 2 N–H and O–H groups in total. The lowest BCUT2D eigenvalue weighted by molar-refractivity contribution is 0.282. The van der Waals surface area contributed by atoms with Gasteiger partial charge in [-0.2, -0.15) is 0 Å². The van der Waals surface area contributed by atoms with Crippen molar-refractivity contribution < 1.29 is 13.5 Å². The molecule has 4 nitrogen and oxygen atoms in total. The fourth-order valence-electron chi connectivity index (χ4n) is 1.39. The molecule has 2 aromatic rings. The molecule has 0 spiro atoms. The molecule has 0 fully saturated rings. The number of hydrogen-bond donors (Lipinski definition) is 2. The van der Waals surface area contributed by atoms with Gasteiger partial charge in [0.2, 0.25) is 0 Å². The third-order valence-electron chi connectivity index (χ3n) is 2.25. The number of aliphatic hydroxyl groups excluding tert-OH is 1. The molecule has 7 heteroatoms. The number of sulfonamides is 1. The Labute approximate surface area is 117 Å². The standard InChI is InChI=1S/C11H10BrNO3S2/c12-10-5-6-11(17-10)18(15,16)13-9-4-2-1-3-8(9)7-14/h1-6,13-14H,7H2. The summed E-state index contributed by atoms with van der Waals surface area (Å²) in [5, 5.41) is 9.15. The SMILES string of the molecule is O=S(=O)(Nc1ccccc1CO)c1ccc(Br)s1. The number of nitrogens with one attached hydrogen (secondary N) is 1. The van der Waals surface area contributed by atoms with Crippen LogP contribution in [0, 0.1) is 0 Å². The summed E-state index contributed by atoms with van der Waals surface area (Å²) >= 11 is 4.36. The molecule has 1 aromatic heterocycles. The number of benzene rings is 1. The maximum Gasteiger partial charge on any atom is 0.271 e. The monoisotopic (exact) mass is 347 g/mol. The smallest absolute Gasteiger partial charge is 0.271 e. The Morgan fingerprint density at radius 1 is 1.22 bits per heavy atom. The van der Waals surface area contributed by atoms with Gasteiger partial charge in [-0.15, -0.1) is 11.3 Å². The highest BCUT2D eigenvalue weighted by Crippen LogP contribution is 2.28. The van der Waals surface area contributed by atoms with Gasteiger partial charge in [0.15, 0.2) is 0 Å². The van der Waals surface area contributed by atoms with E-state index in [1.165, 1.54) is 6.07 Å². The average molecular weight is 348 g/mol. The lowest BCUT2D eigenvalue weighted by atomic mass is 10.2. The van der Waals surface area contributed by atoms with Gasteiger partial charge in [-0.1, -0.05) is 18.2 Å². The first kappa shape index (κ1) is 13.5. The summed E-state index contributed by atoms with van der Waals surface area (Å²) < 4.78 is 27.6. The summed E-state index contributed by atoms with van der Waals surface area (Å²) in [6.07, 6.45) is 0. The van der Waals surface area contributed by atoms with Crippen molar-refractivity contribution in [2.24, 2.45) is 0 Å². The van der Waals surface area contributed by atoms with Gasteiger partial charge in [-0.3, -0.25) is 4.72 Å². The molecule has 0 bridgehead atoms. The van der Waals surface area contributed by atoms with Crippen LogP contribution in [0.5, 0.6) is 0 Å². The number of halogens is 1. The summed E-state index contributed by atoms with van der Waals surface area (Å²) in [5.41, 5.74) is 0.932. The highest BCUT2D eigenvalue weighted by molar-refractivity contribution is 9.11. The van der Waals surface area contributed by atoms with Crippen LogP contribution < -0.4 is 4.72 Å². The first-order chi connectivity index (χ1) is 8.53. The Kier molecular flexibility index (Phi) is 4.06. The molecule has 0 aliphatic rings. The molecule has 0 radical (unpaired) electrons. The van der Waals surface area contributed by atoms with E-state index in [-0.39, 0.29) is 10.8 Å². The van der Waals surface area contributed by atoms with Crippen molar-refractivity contribution in [2.45, 2.75) is 10.8 Å². The van der Waals surface area contributed by atoms with E-state index < -0.39 is 10.0 Å². The summed E-state index contributed by atoms with van der Waals surface area (Å²) in [6, 6.07) is 9.94. The van der Waals surface area contributed by atoms with Crippen molar-refractivity contribution >= 4 is 43.0 Å². The van der Waals surface area contributed by atoms with Gasteiger partial charge in [0.05, 0.1) is 16.1 Å². The molecule has 2 rings (SSSR count). The molecular weight excluding hydrogens is 338 g/mol. The minimum atomic E-state index is -3.60. The van der Waals surface area contributed by atoms with Gasteiger partial charge >= 0.3 is 0 Å². The zero-order valence-electron chi connectivity index (χ0n) is 9.13. The van der Waals surface area contributed by atoms with Crippen molar-refractivity contribution in [3.8, 4) is 0 Å². The first-order valence-corrected chi connectivity index (χ1v) is 8.09. The van der Waals surface area contributed by atoms with Crippen molar-refractivity contribution in [1.29, 1.82) is 0 Å². The van der Waals surface area contributed by atoms with Gasteiger partial charge < -0.3 is 5.11 Å². The highest BCUT2D eigenvalue weighted by Gasteiger charge is 2.17. The Hall–Kier alpha value is -0.890. The molecule has 0 unspecified atom stereocenters. The number of aliphatic hydroxyl groups is 1. The van der Waals surface area contributed by atoms with Crippen molar-refractivity contribution in [2.75, 3.05) is 4.72 Å². The van der Waals surface area contributed by atoms with E-state index in [1.54, 1.807) is 30.3 Å². The van der Waals surface area contributed by atoms with Crippen LogP contribution in [0.4, 0.5) is 5.69 Å². The summed E-state index contributed by atoms with van der Waals surface area (Å²) in [4.78, 5) is 0. The maximum atomic E-state index is 12.1. The molecule has 0 aliphatic heterocycles. The number of hydrogen-bond acceptors (Lipinski definition) is 4. The van der Waals surface area contributed by atoms with E-state index in [1.807, 2.05) is 0 Å². The molecule has 0 saturated carbocycles. The fourth-order valence-corrected chi connectivity index (χ4v) is 4.51. The van der Waals surface area contributed by atoms with Gasteiger partial charge in [0.1, 0.15) is 4.21 Å². The van der Waals surface area contributed by atoms with Crippen LogP contribution >= 0.6 is 27.3 Å². The van der Waals surface area contributed by atoms with Crippen LogP contribution in [0.2, 0.25) is 0 Å². The van der Waals surface area contributed by atoms with E-state index in [0.29, 0.717) is 11.3 Å². The zero-order chi connectivity index (χ0) is 13.2. The van der Waals surface area contributed by atoms with Crippen LogP contribution in [-0.4, -0.2) is 13.5 Å². The van der Waals surface area contributed by atoms with Crippen LogP contribution in [0.25, 0.3) is 0 Å². The number of thiophene rings is 1. The fraction of sp³-hybridized carbons (Fsp3) is 0.0909. The van der Waals surface area contributed by atoms with Gasteiger partial charge in [0.25, 0.3) is 10.0 Å². The largest absolute Gasteiger partial charge is 0.392 e. The van der Waals surface area contributed by atoms with Crippen molar-refractivity contribution in [3.05, 3.63) is 45.7 Å². The molecule has 1 aromatic carbocycles. The molecule has 0 atom stereocenters. The molecular formula is C11H10BrNO3S2. The van der Waals surface area contributed by atoms with E-state index in [9.17, 15) is 8.42 Å². The molecule has 96 valence electrons. The number of anilines is 1. The Morgan fingerprint density at radius 2 is 1.94 bits per heavy atom. The average Bonchev–Trinajstić information content (AvgIpc) is 2.77. The van der Waals surface area contributed by atoms with Gasteiger partial charge in [0, 0.05) is 5.56 Å². The second-order valence-corrected chi connectivity index (χ2v) is 7.85. The normalized spacial score (nSPS) is 11.4. The predicted octanol–water partition coefficient (Wildman–Crippen LogP) is 2.80. The van der Waals surface area contributed by atoms with Crippen LogP contribution in [0.1, 0.15) is 5.56 Å². The van der Waals surface area contributed by atoms with Gasteiger partial charge in [-0.25, -0.2) is 8.42 Å². The lowest BCUT2D eigenvalue weighted by Crippen LogP contribution is -2.12. The highest BCUT2D eigenvalue weighted by atomic mass is 79.9. The zero-order valence-corrected chi connectivity index (χ0v) is 12.3. The van der Waals surface area contributed by atoms with E-state index in [2.05, 4.69) is 20.7 Å². The quantitative estimate of drug-likeness (QED) is 0.893. The number of para-hydroxylation sites is 1. The second kappa shape index (κ2) is 5.40. The summed E-state index contributed by atoms with van der Waals surface area (Å²) in [5.74, 6) is 0. The minimum Gasteiger partial charge on any atom is -0.392 e. The van der Waals surface area contributed by atoms with Crippen molar-refractivity contribution in [1.82, 2.24) is 0 Å². The second-order valence-electron chi connectivity index (χ2n) is 3.48. The molecule has 0 aliphatic carbocycles. The van der Waals surface area contributed by atoms with Crippen LogP contribution in [-0.2, 0) is 16.6 Å². The van der Waals surface area contributed by atoms with Crippen LogP contribution in [0.3, 0.4) is 0 Å². The number of rotatable bonds is 4. The predicted molar refractivity (Wildman–Crippen MR) is 75.2 cm³/mol. The third-order valence-corrected chi connectivity index (χ3v) is 5.73. The van der Waals surface area contributed by atoms with Crippen LogP contribution in [0.15, 0.2) is 44.4 Å². The minimum absolute atomic E-state index is 0.215. The van der Waals surface area contributed by atoms with E-state index in [0.717, 1.165) is 15.1 Å². The topological polar surface area (TPSA) is 66.4 Å². The first-order valence-electron chi connectivity index (χ1n) is 5.00. The molecule has 18 heavy (non-hydrogen) atoms. The Balaban J connectivity index is 2.33. The third kappa shape index (κ3) is 2.92. The molecule has 0 amide bonds. The van der Waals surface area contributed by atoms with Gasteiger partial charge in [-0.05, 0) is 34.1 Å². The summed E-state index contributed by atoms with van der Waals surface area (Å²) in [7, 11) is -3.60. The van der Waals surface area contributed by atoms with Crippen molar-refractivity contribution in [3.63, 3.8) is 0 Å². The molecule has 1 heterocycles. The Morgan fingerprint density at radius 3 is 2.56 bits per heavy atom.